The maximum absolute atomic E-state index is 10.3. The van der Waals surface area contributed by atoms with E-state index in [-0.39, 0.29) is 0 Å². The van der Waals surface area contributed by atoms with E-state index in [9.17, 15) is 4.79 Å². The van der Waals surface area contributed by atoms with E-state index in [4.69, 9.17) is 11.6 Å². The number of rotatable bonds is 4. The van der Waals surface area contributed by atoms with E-state index >= 15 is 0 Å². The lowest BCUT2D eigenvalue weighted by Gasteiger charge is -2.13. The topological polar surface area (TPSA) is 29.1 Å². The van der Waals surface area contributed by atoms with Crippen LogP contribution in [0.15, 0.2) is 18.2 Å². The SMILES string of the molecule is CCC(C)c1cccc(NC=O)c1Cl. The van der Waals surface area contributed by atoms with Gasteiger partial charge in [0.15, 0.2) is 0 Å². The van der Waals surface area contributed by atoms with Crippen LogP contribution in [0.2, 0.25) is 5.02 Å². The first-order valence-corrected chi connectivity index (χ1v) is 5.07. The second-order valence-electron chi connectivity index (χ2n) is 3.28. The van der Waals surface area contributed by atoms with Crippen molar-refractivity contribution in [3.63, 3.8) is 0 Å². The molecule has 0 fully saturated rings. The Morgan fingerprint density at radius 1 is 1.57 bits per heavy atom. The molecule has 0 bridgehead atoms. The van der Waals surface area contributed by atoms with Gasteiger partial charge in [0.2, 0.25) is 6.41 Å². The van der Waals surface area contributed by atoms with Gasteiger partial charge in [-0.3, -0.25) is 4.79 Å². The Morgan fingerprint density at radius 2 is 2.29 bits per heavy atom. The van der Waals surface area contributed by atoms with Crippen molar-refractivity contribution in [2.24, 2.45) is 0 Å². The van der Waals surface area contributed by atoms with E-state index < -0.39 is 0 Å². The highest BCUT2D eigenvalue weighted by molar-refractivity contribution is 6.34. The van der Waals surface area contributed by atoms with Crippen molar-refractivity contribution < 1.29 is 4.79 Å². The fourth-order valence-electron chi connectivity index (χ4n) is 1.33. The number of nitrogens with one attached hydrogen (secondary N) is 1. The average Bonchev–Trinajstić information content (AvgIpc) is 2.20. The molecule has 0 aliphatic heterocycles. The van der Waals surface area contributed by atoms with Crippen LogP contribution >= 0.6 is 11.6 Å². The lowest BCUT2D eigenvalue weighted by atomic mass is 9.98. The molecule has 1 aromatic rings. The summed E-state index contributed by atoms with van der Waals surface area (Å²) in [5.74, 6) is 0.413. The van der Waals surface area contributed by atoms with Crippen molar-refractivity contribution in [2.75, 3.05) is 5.32 Å². The largest absolute Gasteiger partial charge is 0.327 e. The minimum Gasteiger partial charge on any atom is -0.327 e. The molecule has 0 aromatic heterocycles. The molecule has 0 aliphatic carbocycles. The number of hydrogen-bond acceptors (Lipinski definition) is 1. The Kier molecular flexibility index (Phi) is 3.96. The van der Waals surface area contributed by atoms with E-state index in [1.54, 1.807) is 6.07 Å². The predicted octanol–water partition coefficient (Wildman–Crippen LogP) is 3.42. The Bertz CT molecular complexity index is 325. The van der Waals surface area contributed by atoms with Crippen LogP contribution in [-0.4, -0.2) is 6.41 Å². The van der Waals surface area contributed by atoms with Crippen molar-refractivity contribution in [1.82, 2.24) is 0 Å². The zero-order valence-corrected chi connectivity index (χ0v) is 9.14. The van der Waals surface area contributed by atoms with Gasteiger partial charge in [0.25, 0.3) is 0 Å². The number of carbonyl (C=O) groups excluding carboxylic acids is 1. The number of amides is 1. The van der Waals surface area contributed by atoms with Crippen LogP contribution < -0.4 is 5.32 Å². The van der Waals surface area contributed by atoms with Gasteiger partial charge in [-0.05, 0) is 24.0 Å². The van der Waals surface area contributed by atoms with Gasteiger partial charge in [-0.1, -0.05) is 37.6 Å². The quantitative estimate of drug-likeness (QED) is 0.760. The number of halogens is 1. The second kappa shape index (κ2) is 5.01. The Balaban J connectivity index is 3.06. The minimum atomic E-state index is 0.413. The van der Waals surface area contributed by atoms with E-state index in [0.717, 1.165) is 12.0 Å². The molecule has 1 N–H and O–H groups in total. The molecule has 0 saturated heterocycles. The van der Waals surface area contributed by atoms with Gasteiger partial charge in [0.1, 0.15) is 0 Å². The number of hydrogen-bond donors (Lipinski definition) is 1. The van der Waals surface area contributed by atoms with Crippen LogP contribution in [-0.2, 0) is 4.79 Å². The highest BCUT2D eigenvalue weighted by Gasteiger charge is 2.10. The van der Waals surface area contributed by atoms with Crippen LogP contribution in [0.4, 0.5) is 5.69 Å². The highest BCUT2D eigenvalue weighted by atomic mass is 35.5. The van der Waals surface area contributed by atoms with Crippen molar-refractivity contribution in [1.29, 1.82) is 0 Å². The van der Waals surface area contributed by atoms with E-state index in [1.165, 1.54) is 0 Å². The molecule has 1 rings (SSSR count). The number of carbonyl (C=O) groups is 1. The van der Waals surface area contributed by atoms with Gasteiger partial charge in [-0.25, -0.2) is 0 Å². The summed E-state index contributed by atoms with van der Waals surface area (Å²) in [5, 5.41) is 3.23. The first kappa shape index (κ1) is 11.1. The monoisotopic (exact) mass is 211 g/mol. The summed E-state index contributed by atoms with van der Waals surface area (Å²) >= 11 is 6.14. The Morgan fingerprint density at radius 3 is 2.86 bits per heavy atom. The fourth-order valence-corrected chi connectivity index (χ4v) is 1.69. The summed E-state index contributed by atoms with van der Waals surface area (Å²) in [6.45, 7) is 4.23. The van der Waals surface area contributed by atoms with Gasteiger partial charge in [-0.2, -0.15) is 0 Å². The molecule has 14 heavy (non-hydrogen) atoms. The van der Waals surface area contributed by atoms with Crippen molar-refractivity contribution in [3.05, 3.63) is 28.8 Å². The third kappa shape index (κ3) is 2.26. The number of benzene rings is 1. The molecule has 76 valence electrons. The summed E-state index contributed by atoms with van der Waals surface area (Å²) in [6, 6.07) is 5.69. The first-order valence-electron chi connectivity index (χ1n) is 4.69. The molecule has 1 aromatic carbocycles. The second-order valence-corrected chi connectivity index (χ2v) is 3.66. The normalized spacial score (nSPS) is 12.2. The molecule has 2 nitrogen and oxygen atoms in total. The summed E-state index contributed by atoms with van der Waals surface area (Å²) in [6.07, 6.45) is 1.67. The zero-order chi connectivity index (χ0) is 10.6. The highest BCUT2D eigenvalue weighted by Crippen LogP contribution is 2.32. The third-order valence-corrected chi connectivity index (χ3v) is 2.81. The molecule has 1 atom stereocenters. The minimum absolute atomic E-state index is 0.413. The summed E-state index contributed by atoms with van der Waals surface area (Å²) in [7, 11) is 0. The van der Waals surface area contributed by atoms with E-state index in [1.807, 2.05) is 12.1 Å². The van der Waals surface area contributed by atoms with Crippen LogP contribution in [0.5, 0.6) is 0 Å². The summed E-state index contributed by atoms with van der Waals surface area (Å²) in [4.78, 5) is 10.3. The molecule has 1 unspecified atom stereocenters. The van der Waals surface area contributed by atoms with Crippen LogP contribution in [0.25, 0.3) is 0 Å². The molecule has 1 amide bonds. The Hall–Kier alpha value is -1.02. The van der Waals surface area contributed by atoms with Crippen molar-refractivity contribution in [3.8, 4) is 0 Å². The zero-order valence-electron chi connectivity index (χ0n) is 8.38. The Labute approximate surface area is 89.3 Å². The molecule has 0 saturated carbocycles. The molecule has 0 aliphatic rings. The molecule has 0 heterocycles. The van der Waals surface area contributed by atoms with Crippen LogP contribution in [0.1, 0.15) is 31.7 Å². The fraction of sp³-hybridized carbons (Fsp3) is 0.364. The number of anilines is 1. The maximum Gasteiger partial charge on any atom is 0.211 e. The molecular formula is C11H14ClNO. The van der Waals surface area contributed by atoms with Gasteiger partial charge < -0.3 is 5.32 Å². The maximum atomic E-state index is 10.3. The third-order valence-electron chi connectivity index (χ3n) is 2.39. The van der Waals surface area contributed by atoms with Gasteiger partial charge in [0.05, 0.1) is 10.7 Å². The van der Waals surface area contributed by atoms with Crippen LogP contribution in [0.3, 0.4) is 0 Å². The van der Waals surface area contributed by atoms with Crippen LogP contribution in [0, 0.1) is 0 Å². The van der Waals surface area contributed by atoms with Gasteiger partial charge in [-0.15, -0.1) is 0 Å². The molecule has 0 radical (unpaired) electrons. The van der Waals surface area contributed by atoms with Crippen molar-refractivity contribution in [2.45, 2.75) is 26.2 Å². The van der Waals surface area contributed by atoms with Gasteiger partial charge in [0, 0.05) is 0 Å². The molecule has 0 spiro atoms. The summed E-state index contributed by atoms with van der Waals surface area (Å²) in [5.41, 5.74) is 1.76. The van der Waals surface area contributed by atoms with Crippen molar-refractivity contribution >= 4 is 23.7 Å². The summed E-state index contributed by atoms with van der Waals surface area (Å²) < 4.78 is 0. The lowest BCUT2D eigenvalue weighted by molar-refractivity contribution is -0.105. The standard InChI is InChI=1S/C11H14ClNO/c1-3-8(2)9-5-4-6-10(11(9)12)13-7-14/h4-8H,3H2,1-2H3,(H,13,14). The van der Waals surface area contributed by atoms with E-state index in [0.29, 0.717) is 23.0 Å². The molecule has 3 heteroatoms. The lowest BCUT2D eigenvalue weighted by Crippen LogP contribution is -1.99. The molecular weight excluding hydrogens is 198 g/mol. The van der Waals surface area contributed by atoms with Gasteiger partial charge >= 0.3 is 0 Å². The predicted molar refractivity (Wildman–Crippen MR) is 59.8 cm³/mol. The average molecular weight is 212 g/mol. The first-order chi connectivity index (χ1) is 6.70. The van der Waals surface area contributed by atoms with E-state index in [2.05, 4.69) is 19.2 Å². The smallest absolute Gasteiger partial charge is 0.211 e.